The van der Waals surface area contributed by atoms with E-state index in [9.17, 15) is 26.8 Å². The molecule has 0 bridgehead atoms. The van der Waals surface area contributed by atoms with Gasteiger partial charge in [-0.3, -0.25) is 9.59 Å². The molecule has 1 atom stereocenters. The van der Waals surface area contributed by atoms with Crippen LogP contribution in [0, 0.1) is 11.3 Å². The Morgan fingerprint density at radius 3 is 2.61 bits per heavy atom. The number of nitrogens with one attached hydrogen (secondary N) is 1. The lowest BCUT2D eigenvalue weighted by Crippen LogP contribution is -2.43. The van der Waals surface area contributed by atoms with Gasteiger partial charge in [-0.15, -0.1) is 11.3 Å². The highest BCUT2D eigenvalue weighted by atomic mass is 32.2. The van der Waals surface area contributed by atoms with Crippen molar-refractivity contribution in [2.24, 2.45) is 0 Å². The van der Waals surface area contributed by atoms with Crippen molar-refractivity contribution >= 4 is 33.0 Å². The van der Waals surface area contributed by atoms with E-state index in [0.29, 0.717) is 29.2 Å². The van der Waals surface area contributed by atoms with Crippen LogP contribution in [-0.2, 0) is 21.1 Å². The molecule has 1 aromatic heterocycles. The number of amides is 2. The Kier molecular flexibility index (Phi) is 6.20. The van der Waals surface area contributed by atoms with E-state index in [2.05, 4.69) is 10.3 Å². The molecule has 2 amide bonds. The Morgan fingerprint density at radius 1 is 1.27 bits per heavy atom. The molecule has 0 unspecified atom stereocenters. The van der Waals surface area contributed by atoms with Gasteiger partial charge in [-0.25, -0.2) is 22.2 Å². The van der Waals surface area contributed by atoms with E-state index in [1.54, 1.807) is 30.3 Å². The van der Waals surface area contributed by atoms with Crippen LogP contribution in [0.4, 0.5) is 8.78 Å². The Morgan fingerprint density at radius 2 is 1.97 bits per heavy atom. The molecule has 4 rings (SSSR count). The molecular formula is C21H20F2N4O4S2. The fourth-order valence-electron chi connectivity index (χ4n) is 3.58. The van der Waals surface area contributed by atoms with Gasteiger partial charge in [0.05, 0.1) is 34.3 Å². The molecular weight excluding hydrogens is 474 g/mol. The highest BCUT2D eigenvalue weighted by Crippen LogP contribution is 2.34. The molecule has 2 fully saturated rings. The number of aromatic nitrogens is 1. The summed E-state index contributed by atoms with van der Waals surface area (Å²) in [5.41, 5.74) is 0.915. The van der Waals surface area contributed by atoms with Crippen LogP contribution >= 0.6 is 11.3 Å². The number of thiazole rings is 1. The van der Waals surface area contributed by atoms with E-state index in [1.165, 1.54) is 16.7 Å². The van der Waals surface area contributed by atoms with Crippen LogP contribution in [0.1, 0.15) is 40.3 Å². The second kappa shape index (κ2) is 8.79. The summed E-state index contributed by atoms with van der Waals surface area (Å²) in [5, 5.41) is 13.2. The minimum absolute atomic E-state index is 0.0827. The number of carbonyl (C=O) groups excluding carboxylic acids is 2. The number of carbonyl (C=O) groups is 2. The third-order valence-electron chi connectivity index (χ3n) is 5.49. The Labute approximate surface area is 193 Å². The van der Waals surface area contributed by atoms with Gasteiger partial charge in [0.25, 0.3) is 11.8 Å². The third-order valence-corrected chi connectivity index (χ3v) is 8.62. The summed E-state index contributed by atoms with van der Waals surface area (Å²) in [4.78, 5) is 29.8. The van der Waals surface area contributed by atoms with Crippen molar-refractivity contribution in [3.8, 4) is 6.07 Å². The zero-order chi connectivity index (χ0) is 23.8. The average molecular weight is 495 g/mol. The van der Waals surface area contributed by atoms with E-state index in [1.807, 2.05) is 0 Å². The van der Waals surface area contributed by atoms with E-state index in [0.717, 1.165) is 10.5 Å². The minimum atomic E-state index is -3.25. The molecule has 1 saturated carbocycles. The van der Waals surface area contributed by atoms with Crippen LogP contribution in [0.5, 0.6) is 0 Å². The number of hydrogen-bond donors (Lipinski definition) is 1. The van der Waals surface area contributed by atoms with Crippen molar-refractivity contribution in [3.05, 3.63) is 45.9 Å². The van der Waals surface area contributed by atoms with Gasteiger partial charge in [0.15, 0.2) is 9.84 Å². The van der Waals surface area contributed by atoms with Crippen molar-refractivity contribution in [1.29, 1.82) is 5.26 Å². The second-order valence-corrected chi connectivity index (χ2v) is 11.3. The summed E-state index contributed by atoms with van der Waals surface area (Å²) < 4.78 is 51.5. The number of sulfone groups is 1. The van der Waals surface area contributed by atoms with Crippen LogP contribution in [0.25, 0.3) is 0 Å². The minimum Gasteiger partial charge on any atom is -0.342 e. The molecule has 0 radical (unpaired) electrons. The lowest BCUT2D eigenvalue weighted by atomic mass is 10.2. The predicted molar refractivity (Wildman–Crippen MR) is 115 cm³/mol. The number of nitriles is 1. The van der Waals surface area contributed by atoms with Crippen LogP contribution < -0.4 is 5.32 Å². The van der Waals surface area contributed by atoms with Gasteiger partial charge in [-0.05, 0) is 30.5 Å². The van der Waals surface area contributed by atoms with Crippen LogP contribution in [0.2, 0.25) is 0 Å². The normalized spacial score (nSPS) is 19.8. The lowest BCUT2D eigenvalue weighted by Gasteiger charge is -2.19. The zero-order valence-corrected chi connectivity index (χ0v) is 19.0. The maximum atomic E-state index is 13.5. The van der Waals surface area contributed by atoms with Crippen molar-refractivity contribution < 1.29 is 26.8 Å². The van der Waals surface area contributed by atoms with E-state index >= 15 is 0 Å². The number of nitrogens with zero attached hydrogens (tertiary/aromatic N) is 3. The van der Waals surface area contributed by atoms with Crippen molar-refractivity contribution in [3.63, 3.8) is 0 Å². The third kappa shape index (κ3) is 5.20. The monoisotopic (exact) mass is 494 g/mol. The molecule has 2 heterocycles. The molecule has 174 valence electrons. The number of rotatable bonds is 7. The van der Waals surface area contributed by atoms with Crippen LogP contribution in [-0.4, -0.2) is 60.4 Å². The number of benzene rings is 1. The molecule has 0 spiro atoms. The highest BCUT2D eigenvalue weighted by molar-refractivity contribution is 7.92. The number of halogens is 2. The van der Waals surface area contributed by atoms with Gasteiger partial charge in [-0.1, -0.05) is 12.1 Å². The summed E-state index contributed by atoms with van der Waals surface area (Å²) in [6.45, 7) is -1.36. The van der Waals surface area contributed by atoms with Gasteiger partial charge >= 0.3 is 0 Å². The smallest absolute Gasteiger partial charge is 0.271 e. The van der Waals surface area contributed by atoms with Gasteiger partial charge in [0, 0.05) is 18.2 Å². The molecule has 1 saturated heterocycles. The molecule has 8 nitrogen and oxygen atoms in total. The summed E-state index contributed by atoms with van der Waals surface area (Å²) >= 11 is 1.23. The zero-order valence-electron chi connectivity index (χ0n) is 17.3. The summed E-state index contributed by atoms with van der Waals surface area (Å²) in [7, 11) is -3.25. The molecule has 1 aliphatic carbocycles. The van der Waals surface area contributed by atoms with Gasteiger partial charge in [0.2, 0.25) is 5.91 Å². The first-order chi connectivity index (χ1) is 15.6. The number of alkyl halides is 2. The van der Waals surface area contributed by atoms with Gasteiger partial charge < -0.3 is 10.2 Å². The molecule has 2 aliphatic rings. The second-order valence-electron chi connectivity index (χ2n) is 8.10. The largest absolute Gasteiger partial charge is 0.342 e. The fraction of sp³-hybridized carbons (Fsp3) is 0.429. The van der Waals surface area contributed by atoms with Crippen molar-refractivity contribution in [2.45, 2.75) is 47.8 Å². The highest BCUT2D eigenvalue weighted by Gasteiger charge is 2.47. The van der Waals surface area contributed by atoms with Crippen molar-refractivity contribution in [2.75, 3.05) is 13.1 Å². The topological polar surface area (TPSA) is 120 Å². The molecule has 2 aromatic rings. The van der Waals surface area contributed by atoms with Crippen molar-refractivity contribution in [1.82, 2.24) is 15.2 Å². The first kappa shape index (κ1) is 23.3. The molecule has 33 heavy (non-hydrogen) atoms. The fourth-order valence-corrected chi connectivity index (χ4v) is 6.05. The first-order valence-corrected chi connectivity index (χ1v) is 12.6. The Bertz CT molecular complexity index is 1220. The predicted octanol–water partition coefficient (Wildman–Crippen LogP) is 2.16. The summed E-state index contributed by atoms with van der Waals surface area (Å²) in [6.07, 6.45) is 1.07. The Hall–Kier alpha value is -2.91. The number of hydrogen-bond acceptors (Lipinski definition) is 7. The molecule has 1 aliphatic heterocycles. The van der Waals surface area contributed by atoms with Gasteiger partial charge in [-0.2, -0.15) is 5.26 Å². The summed E-state index contributed by atoms with van der Waals surface area (Å²) in [5.74, 6) is -4.51. The van der Waals surface area contributed by atoms with Gasteiger partial charge in [0.1, 0.15) is 11.7 Å². The maximum Gasteiger partial charge on any atom is 0.271 e. The van der Waals surface area contributed by atoms with E-state index in [4.69, 9.17) is 5.26 Å². The maximum absolute atomic E-state index is 13.5. The SMILES string of the molecule is N#C[C@@H]1CC(F)(F)CN1C(=O)CNC(=O)c1csc(Cc2ccc(S(=O)(=O)C3CC3)cc2)n1. The lowest BCUT2D eigenvalue weighted by molar-refractivity contribution is -0.131. The van der Waals surface area contributed by atoms with E-state index in [-0.39, 0.29) is 10.9 Å². The first-order valence-electron chi connectivity index (χ1n) is 10.2. The number of likely N-dealkylation sites (tertiary alicyclic amines) is 1. The molecule has 1 N–H and O–H groups in total. The van der Waals surface area contributed by atoms with E-state index < -0.39 is 53.1 Å². The van der Waals surface area contributed by atoms with Crippen LogP contribution in [0.15, 0.2) is 34.5 Å². The molecule has 1 aromatic carbocycles. The standard InChI is InChI=1S/C21H20F2N4O4S2/c22-21(23)8-14(9-24)27(12-21)19(28)10-25-20(29)17-11-32-18(26-17)7-13-1-3-15(4-2-13)33(30,31)16-5-6-16/h1-4,11,14,16H,5-8,10,12H2,(H,25,29)/t14-/m0/s1. The quantitative estimate of drug-likeness (QED) is 0.630. The average Bonchev–Trinajstić information content (AvgIpc) is 3.47. The Balaban J connectivity index is 1.32. The van der Waals surface area contributed by atoms with Crippen LogP contribution in [0.3, 0.4) is 0 Å². The summed E-state index contributed by atoms with van der Waals surface area (Å²) in [6, 6.07) is 7.04. The molecule has 12 heteroatoms.